The molecule has 1 amide bonds. The Morgan fingerprint density at radius 3 is 1.63 bits per heavy atom. The van der Waals surface area contributed by atoms with Crippen molar-refractivity contribution in [3.05, 3.63) is 85.1 Å². The SMILES string of the molecule is CC/C=C\C/C=C\C/C=C\C/C=C\CCCCC(=O)NC(CS(=O)(=O)O)C(O)/C=C/CC/C=C/CC/C=C/CCCCCCCC. The first-order valence-corrected chi connectivity index (χ1v) is 19.4. The lowest BCUT2D eigenvalue weighted by Gasteiger charge is -2.21. The van der Waals surface area contributed by atoms with E-state index in [0.29, 0.717) is 12.8 Å². The minimum Gasteiger partial charge on any atom is -0.387 e. The molecule has 2 atom stereocenters. The normalized spacial score (nSPS) is 14.4. The Kier molecular flexibility index (Phi) is 30.7. The standard InChI is InChI=1S/C39H65NO5S/c1-3-5-7-9-11-13-15-17-19-21-22-24-26-28-30-32-34-38(41)37(36-46(43,44)45)40-39(42)35-33-31-29-27-25-23-20-18-16-14-12-10-8-6-4-2/h6,8,12,14,17-20,24-27,32,34,37-38,41H,3-5,7,9-11,13,15-16,21-23,28-31,33,35-36H2,1-2H3,(H,40,42)(H,43,44,45)/b8-6-,14-12-,19-17+,20-18-,26-24+,27-25-,34-32+. The summed E-state index contributed by atoms with van der Waals surface area (Å²) in [4.78, 5) is 12.4. The van der Waals surface area contributed by atoms with Crippen LogP contribution < -0.4 is 5.32 Å². The Bertz CT molecular complexity index is 1040. The molecule has 0 aliphatic rings. The van der Waals surface area contributed by atoms with Crippen molar-refractivity contribution in [2.24, 2.45) is 0 Å². The second kappa shape index (κ2) is 32.5. The maximum absolute atomic E-state index is 12.4. The Balaban J connectivity index is 4.20. The van der Waals surface area contributed by atoms with Gasteiger partial charge in [-0.05, 0) is 83.5 Å². The largest absolute Gasteiger partial charge is 0.387 e. The summed E-state index contributed by atoms with van der Waals surface area (Å²) in [7, 11) is -4.37. The van der Waals surface area contributed by atoms with E-state index in [-0.39, 0.29) is 12.3 Å². The fourth-order valence-electron chi connectivity index (χ4n) is 4.65. The number of hydrogen-bond donors (Lipinski definition) is 3. The zero-order valence-corrected chi connectivity index (χ0v) is 29.7. The van der Waals surface area contributed by atoms with Crippen molar-refractivity contribution in [3.8, 4) is 0 Å². The van der Waals surface area contributed by atoms with Crippen LogP contribution in [0.15, 0.2) is 85.1 Å². The van der Waals surface area contributed by atoms with Gasteiger partial charge in [-0.15, -0.1) is 0 Å². The van der Waals surface area contributed by atoms with Gasteiger partial charge in [-0.2, -0.15) is 8.42 Å². The third-order valence-electron chi connectivity index (χ3n) is 7.28. The molecule has 7 heteroatoms. The van der Waals surface area contributed by atoms with Gasteiger partial charge in [0.1, 0.15) is 0 Å². The predicted octanol–water partition coefficient (Wildman–Crippen LogP) is 10.1. The first kappa shape index (κ1) is 43.5. The van der Waals surface area contributed by atoms with Gasteiger partial charge in [-0.25, -0.2) is 0 Å². The number of carbonyl (C=O) groups is 1. The molecule has 0 saturated carbocycles. The number of aliphatic hydroxyl groups excluding tert-OH is 1. The van der Waals surface area contributed by atoms with Gasteiger partial charge in [0.15, 0.2) is 0 Å². The average Bonchev–Trinajstić information content (AvgIpc) is 3.01. The van der Waals surface area contributed by atoms with Crippen LogP contribution in [-0.4, -0.2) is 41.9 Å². The third-order valence-corrected chi connectivity index (χ3v) is 8.06. The Hall–Kier alpha value is -2.48. The van der Waals surface area contributed by atoms with Crippen LogP contribution >= 0.6 is 0 Å². The van der Waals surface area contributed by atoms with E-state index in [2.05, 4.69) is 92.1 Å². The molecule has 46 heavy (non-hydrogen) atoms. The van der Waals surface area contributed by atoms with Gasteiger partial charge in [0.2, 0.25) is 5.91 Å². The first-order chi connectivity index (χ1) is 22.3. The Labute approximate surface area is 282 Å². The van der Waals surface area contributed by atoms with Gasteiger partial charge in [0.05, 0.1) is 17.9 Å². The molecule has 0 saturated heterocycles. The number of allylic oxidation sites excluding steroid dienone is 13. The minimum absolute atomic E-state index is 0.227. The topological polar surface area (TPSA) is 104 Å². The van der Waals surface area contributed by atoms with Gasteiger partial charge in [-0.1, -0.05) is 131 Å². The second-order valence-electron chi connectivity index (χ2n) is 11.7. The van der Waals surface area contributed by atoms with Crippen LogP contribution in [0.25, 0.3) is 0 Å². The van der Waals surface area contributed by atoms with Gasteiger partial charge in [0, 0.05) is 6.42 Å². The summed E-state index contributed by atoms with van der Waals surface area (Å²) in [5, 5.41) is 13.1. The van der Waals surface area contributed by atoms with Crippen molar-refractivity contribution in [3.63, 3.8) is 0 Å². The second-order valence-corrected chi connectivity index (χ2v) is 13.2. The predicted molar refractivity (Wildman–Crippen MR) is 197 cm³/mol. The van der Waals surface area contributed by atoms with Crippen molar-refractivity contribution in [2.45, 2.75) is 148 Å². The van der Waals surface area contributed by atoms with Gasteiger partial charge >= 0.3 is 0 Å². The van der Waals surface area contributed by atoms with E-state index in [9.17, 15) is 22.9 Å². The minimum atomic E-state index is -4.37. The molecule has 0 aromatic heterocycles. The smallest absolute Gasteiger partial charge is 0.267 e. The molecule has 3 N–H and O–H groups in total. The van der Waals surface area contributed by atoms with Crippen LogP contribution in [0.2, 0.25) is 0 Å². The number of nitrogens with one attached hydrogen (secondary N) is 1. The molecule has 0 aliphatic heterocycles. The highest BCUT2D eigenvalue weighted by molar-refractivity contribution is 7.85. The van der Waals surface area contributed by atoms with Crippen LogP contribution in [0.5, 0.6) is 0 Å². The monoisotopic (exact) mass is 659 g/mol. The van der Waals surface area contributed by atoms with Gasteiger partial charge in [0.25, 0.3) is 10.1 Å². The van der Waals surface area contributed by atoms with E-state index in [4.69, 9.17) is 0 Å². The summed E-state index contributed by atoms with van der Waals surface area (Å²) in [6.07, 6.45) is 47.1. The molecule has 0 aliphatic carbocycles. The molecule has 0 radical (unpaired) electrons. The van der Waals surface area contributed by atoms with Crippen molar-refractivity contribution in [1.29, 1.82) is 0 Å². The maximum atomic E-state index is 12.4. The fraction of sp³-hybridized carbons (Fsp3) is 0.615. The van der Waals surface area contributed by atoms with Crippen LogP contribution in [0.3, 0.4) is 0 Å². The summed E-state index contributed by atoms with van der Waals surface area (Å²) in [5.41, 5.74) is 0. The molecule has 262 valence electrons. The van der Waals surface area contributed by atoms with E-state index in [1.807, 2.05) is 0 Å². The first-order valence-electron chi connectivity index (χ1n) is 17.8. The van der Waals surface area contributed by atoms with Crippen LogP contribution in [0, 0.1) is 0 Å². The molecule has 0 bridgehead atoms. The number of rotatable bonds is 30. The summed E-state index contributed by atoms with van der Waals surface area (Å²) in [6, 6.07) is -1.10. The molecule has 0 aromatic rings. The number of unbranched alkanes of at least 4 members (excludes halogenated alkanes) is 10. The number of carbonyl (C=O) groups excluding carboxylic acids is 1. The van der Waals surface area contributed by atoms with Crippen LogP contribution in [0.1, 0.15) is 136 Å². The zero-order valence-electron chi connectivity index (χ0n) is 28.9. The van der Waals surface area contributed by atoms with Crippen molar-refractivity contribution < 1.29 is 22.9 Å². The molecule has 6 nitrogen and oxygen atoms in total. The summed E-state index contributed by atoms with van der Waals surface area (Å²) < 4.78 is 32.3. The molecule has 2 unspecified atom stereocenters. The third kappa shape index (κ3) is 32.9. The lowest BCUT2D eigenvalue weighted by Crippen LogP contribution is -2.46. The molecular weight excluding hydrogens is 594 g/mol. The average molecular weight is 660 g/mol. The molecule has 0 rings (SSSR count). The van der Waals surface area contributed by atoms with Gasteiger partial charge in [-0.3, -0.25) is 9.35 Å². The highest BCUT2D eigenvalue weighted by Gasteiger charge is 2.24. The fourth-order valence-corrected chi connectivity index (χ4v) is 5.38. The highest BCUT2D eigenvalue weighted by atomic mass is 32.2. The molecule has 0 fully saturated rings. The van der Waals surface area contributed by atoms with E-state index in [1.165, 1.54) is 44.6 Å². The van der Waals surface area contributed by atoms with Crippen LogP contribution in [-0.2, 0) is 14.9 Å². The van der Waals surface area contributed by atoms with E-state index in [0.717, 1.165) is 64.2 Å². The quantitative estimate of drug-likeness (QED) is 0.0404. The van der Waals surface area contributed by atoms with Crippen molar-refractivity contribution >= 4 is 16.0 Å². The molecule has 0 aromatic carbocycles. The Morgan fingerprint density at radius 1 is 0.609 bits per heavy atom. The van der Waals surface area contributed by atoms with E-state index < -0.39 is 28.0 Å². The Morgan fingerprint density at radius 2 is 1.07 bits per heavy atom. The lowest BCUT2D eigenvalue weighted by atomic mass is 10.1. The number of amides is 1. The van der Waals surface area contributed by atoms with Crippen LogP contribution in [0.4, 0.5) is 0 Å². The number of hydrogen-bond acceptors (Lipinski definition) is 4. The summed E-state index contributed by atoms with van der Waals surface area (Å²) in [5.74, 6) is -1.08. The lowest BCUT2D eigenvalue weighted by molar-refractivity contribution is -0.122. The van der Waals surface area contributed by atoms with Crippen molar-refractivity contribution in [2.75, 3.05) is 5.75 Å². The molecule has 0 spiro atoms. The number of aliphatic hydroxyl groups is 1. The molecule has 0 heterocycles. The molecular formula is C39H65NO5S. The van der Waals surface area contributed by atoms with E-state index in [1.54, 1.807) is 6.08 Å². The summed E-state index contributed by atoms with van der Waals surface area (Å²) >= 11 is 0. The van der Waals surface area contributed by atoms with E-state index >= 15 is 0 Å². The zero-order chi connectivity index (χ0) is 34.0. The summed E-state index contributed by atoms with van der Waals surface area (Å²) in [6.45, 7) is 4.37. The maximum Gasteiger partial charge on any atom is 0.267 e. The van der Waals surface area contributed by atoms with Gasteiger partial charge < -0.3 is 10.4 Å². The van der Waals surface area contributed by atoms with Crippen molar-refractivity contribution in [1.82, 2.24) is 5.32 Å². The highest BCUT2D eigenvalue weighted by Crippen LogP contribution is 2.09.